The molecule has 1 N–H and O–H groups in total. The molecule has 0 unspecified atom stereocenters. The molecule has 19 heavy (non-hydrogen) atoms. The van der Waals surface area contributed by atoms with E-state index in [1.165, 1.54) is 25.3 Å². The Labute approximate surface area is 115 Å². The highest BCUT2D eigenvalue weighted by Gasteiger charge is 2.17. The first-order valence-electron chi connectivity index (χ1n) is 6.44. The van der Waals surface area contributed by atoms with Gasteiger partial charge in [-0.15, -0.1) is 11.3 Å². The minimum absolute atomic E-state index is 0.321. The fourth-order valence-corrected chi connectivity index (χ4v) is 3.22. The summed E-state index contributed by atoms with van der Waals surface area (Å²) in [4.78, 5) is 6.78. The van der Waals surface area contributed by atoms with Gasteiger partial charge in [0, 0.05) is 24.0 Å². The zero-order valence-electron chi connectivity index (χ0n) is 10.5. The number of anilines is 1. The minimum atomic E-state index is -0.606. The van der Waals surface area contributed by atoms with Crippen LogP contribution in [0.15, 0.2) is 23.6 Å². The molecule has 1 aromatic heterocycles. The molecule has 1 aliphatic rings. The predicted molar refractivity (Wildman–Crippen MR) is 75.2 cm³/mol. The molecule has 100 valence electrons. The lowest BCUT2D eigenvalue weighted by atomic mass is 10.1. The lowest BCUT2D eigenvalue weighted by Gasteiger charge is -2.25. The van der Waals surface area contributed by atoms with E-state index in [1.807, 2.05) is 5.38 Å². The van der Waals surface area contributed by atoms with Crippen molar-refractivity contribution in [2.24, 2.45) is 0 Å². The molecule has 0 saturated carbocycles. The van der Waals surface area contributed by atoms with E-state index in [1.54, 1.807) is 23.5 Å². The van der Waals surface area contributed by atoms with Crippen molar-refractivity contribution in [3.8, 4) is 17.0 Å². The fourth-order valence-electron chi connectivity index (χ4n) is 2.34. The first kappa shape index (κ1) is 12.4. The summed E-state index contributed by atoms with van der Waals surface area (Å²) in [6.07, 6.45) is 3.67. The Morgan fingerprint density at radius 1 is 1.21 bits per heavy atom. The van der Waals surface area contributed by atoms with Gasteiger partial charge in [0.2, 0.25) is 0 Å². The van der Waals surface area contributed by atoms with Gasteiger partial charge in [-0.2, -0.15) is 0 Å². The average molecular weight is 278 g/mol. The number of halogens is 1. The largest absolute Gasteiger partial charge is 0.504 e. The molecule has 0 spiro atoms. The van der Waals surface area contributed by atoms with Gasteiger partial charge >= 0.3 is 0 Å². The van der Waals surface area contributed by atoms with Crippen molar-refractivity contribution in [3.05, 3.63) is 29.4 Å². The van der Waals surface area contributed by atoms with Crippen LogP contribution in [0.5, 0.6) is 5.75 Å². The number of phenols is 1. The van der Waals surface area contributed by atoms with E-state index in [4.69, 9.17) is 0 Å². The van der Waals surface area contributed by atoms with E-state index in [0.717, 1.165) is 18.2 Å². The lowest BCUT2D eigenvalue weighted by Crippen LogP contribution is -2.29. The normalized spacial score (nSPS) is 15.7. The van der Waals surface area contributed by atoms with Crippen LogP contribution in [0, 0.1) is 5.82 Å². The minimum Gasteiger partial charge on any atom is -0.504 e. The highest BCUT2D eigenvalue weighted by molar-refractivity contribution is 7.14. The van der Waals surface area contributed by atoms with Crippen molar-refractivity contribution in [2.45, 2.75) is 19.3 Å². The Morgan fingerprint density at radius 2 is 2.00 bits per heavy atom. The predicted octanol–water partition coefficient (Wildman–Crippen LogP) is 3.65. The van der Waals surface area contributed by atoms with Gasteiger partial charge in [-0.05, 0) is 31.4 Å². The molecular formula is C14H15FN2OS. The van der Waals surface area contributed by atoms with E-state index in [0.29, 0.717) is 11.3 Å². The Kier molecular flexibility index (Phi) is 3.38. The third-order valence-corrected chi connectivity index (χ3v) is 4.28. The Balaban J connectivity index is 1.90. The van der Waals surface area contributed by atoms with Gasteiger partial charge in [0.05, 0.1) is 5.69 Å². The van der Waals surface area contributed by atoms with Crippen molar-refractivity contribution >= 4 is 16.5 Å². The maximum Gasteiger partial charge on any atom is 0.185 e. The van der Waals surface area contributed by atoms with Crippen molar-refractivity contribution in [1.82, 2.24) is 4.98 Å². The summed E-state index contributed by atoms with van der Waals surface area (Å²) >= 11 is 1.55. The number of aromatic hydroxyl groups is 1. The Hall–Kier alpha value is -1.62. The lowest BCUT2D eigenvalue weighted by molar-refractivity contribution is 0.434. The molecule has 0 radical (unpaired) electrons. The number of thiazole rings is 1. The van der Waals surface area contributed by atoms with E-state index in [-0.39, 0.29) is 5.75 Å². The molecule has 0 amide bonds. The van der Waals surface area contributed by atoms with Crippen molar-refractivity contribution in [3.63, 3.8) is 0 Å². The van der Waals surface area contributed by atoms with Crippen LogP contribution in [0.3, 0.4) is 0 Å². The summed E-state index contributed by atoms with van der Waals surface area (Å²) in [5.74, 6) is -0.928. The molecule has 1 saturated heterocycles. The van der Waals surface area contributed by atoms with Crippen molar-refractivity contribution in [1.29, 1.82) is 0 Å². The van der Waals surface area contributed by atoms with Gasteiger partial charge in [0.1, 0.15) is 0 Å². The van der Waals surface area contributed by atoms with Crippen LogP contribution in [0.25, 0.3) is 11.3 Å². The standard InChI is InChI=1S/C14H15FN2OS/c15-11-6-4-5-10(13(11)18)12-9-19-14(16-12)17-7-2-1-3-8-17/h4-6,9,18H,1-3,7-8H2. The summed E-state index contributed by atoms with van der Waals surface area (Å²) in [6.45, 7) is 2.06. The number of para-hydroxylation sites is 1. The number of phenolic OH excluding ortho intramolecular Hbond substituents is 1. The van der Waals surface area contributed by atoms with Crippen LogP contribution in [0.1, 0.15) is 19.3 Å². The number of benzene rings is 1. The zero-order chi connectivity index (χ0) is 13.2. The molecule has 2 aromatic rings. The summed E-state index contributed by atoms with van der Waals surface area (Å²) in [5.41, 5.74) is 1.10. The van der Waals surface area contributed by atoms with Crippen LogP contribution in [0.4, 0.5) is 9.52 Å². The number of nitrogens with zero attached hydrogens (tertiary/aromatic N) is 2. The quantitative estimate of drug-likeness (QED) is 0.911. The molecule has 5 heteroatoms. The highest BCUT2D eigenvalue weighted by atomic mass is 32.1. The van der Waals surface area contributed by atoms with Crippen LogP contribution in [0.2, 0.25) is 0 Å². The fraction of sp³-hybridized carbons (Fsp3) is 0.357. The van der Waals surface area contributed by atoms with E-state index >= 15 is 0 Å². The molecule has 3 nitrogen and oxygen atoms in total. The van der Waals surface area contributed by atoms with Crippen LogP contribution in [-0.4, -0.2) is 23.2 Å². The maximum absolute atomic E-state index is 13.3. The van der Waals surface area contributed by atoms with Gasteiger partial charge in [-0.25, -0.2) is 9.37 Å². The number of hydrogen-bond acceptors (Lipinski definition) is 4. The van der Waals surface area contributed by atoms with Gasteiger partial charge in [0.25, 0.3) is 0 Å². The highest BCUT2D eigenvalue weighted by Crippen LogP contribution is 2.34. The summed E-state index contributed by atoms with van der Waals surface area (Å²) < 4.78 is 13.3. The molecule has 3 rings (SSSR count). The molecule has 1 fully saturated rings. The molecular weight excluding hydrogens is 263 g/mol. The van der Waals surface area contributed by atoms with Crippen LogP contribution in [-0.2, 0) is 0 Å². The number of piperidine rings is 1. The molecule has 0 atom stereocenters. The molecule has 0 bridgehead atoms. The third kappa shape index (κ3) is 2.42. The van der Waals surface area contributed by atoms with E-state index < -0.39 is 5.82 Å². The van der Waals surface area contributed by atoms with Gasteiger partial charge < -0.3 is 10.0 Å². The summed E-state index contributed by atoms with van der Waals surface area (Å²) in [7, 11) is 0. The summed E-state index contributed by atoms with van der Waals surface area (Å²) in [6, 6.07) is 4.52. The average Bonchev–Trinajstić information content (AvgIpc) is 2.92. The van der Waals surface area contributed by atoms with Gasteiger partial charge in [-0.3, -0.25) is 0 Å². The van der Waals surface area contributed by atoms with E-state index in [2.05, 4.69) is 9.88 Å². The molecule has 2 heterocycles. The Morgan fingerprint density at radius 3 is 2.79 bits per heavy atom. The monoisotopic (exact) mass is 278 g/mol. The van der Waals surface area contributed by atoms with Crippen LogP contribution >= 0.6 is 11.3 Å². The number of rotatable bonds is 2. The molecule has 0 aliphatic carbocycles. The third-order valence-electron chi connectivity index (χ3n) is 3.38. The molecule has 1 aliphatic heterocycles. The second kappa shape index (κ2) is 5.17. The second-order valence-corrected chi connectivity index (χ2v) is 5.54. The van der Waals surface area contributed by atoms with Gasteiger partial charge in [0.15, 0.2) is 16.7 Å². The number of hydrogen-bond donors (Lipinski definition) is 1. The zero-order valence-corrected chi connectivity index (χ0v) is 11.3. The van der Waals surface area contributed by atoms with Crippen molar-refractivity contribution in [2.75, 3.05) is 18.0 Å². The number of aromatic nitrogens is 1. The van der Waals surface area contributed by atoms with Crippen molar-refractivity contribution < 1.29 is 9.50 Å². The first-order valence-corrected chi connectivity index (χ1v) is 7.32. The van der Waals surface area contributed by atoms with E-state index in [9.17, 15) is 9.50 Å². The first-order chi connectivity index (χ1) is 9.25. The van der Waals surface area contributed by atoms with Crippen LogP contribution < -0.4 is 4.90 Å². The maximum atomic E-state index is 13.3. The SMILES string of the molecule is Oc1c(F)cccc1-c1csc(N2CCCCC2)n1. The smallest absolute Gasteiger partial charge is 0.185 e. The Bertz CT molecular complexity index is 579. The summed E-state index contributed by atoms with van der Waals surface area (Å²) in [5, 5.41) is 12.6. The van der Waals surface area contributed by atoms with Gasteiger partial charge in [-0.1, -0.05) is 6.07 Å². The molecule has 1 aromatic carbocycles. The second-order valence-electron chi connectivity index (χ2n) is 4.70. The topological polar surface area (TPSA) is 36.4 Å².